The number of fused-ring (bicyclic) bond motifs is 5. The van der Waals surface area contributed by atoms with Gasteiger partial charge < -0.3 is 4.74 Å². The van der Waals surface area contributed by atoms with E-state index in [-0.39, 0.29) is 17.3 Å². The van der Waals surface area contributed by atoms with Crippen LogP contribution in [0.3, 0.4) is 0 Å². The minimum atomic E-state index is -1.58. The molecule has 3 atom stereocenters. The second kappa shape index (κ2) is 8.60. The summed E-state index contributed by atoms with van der Waals surface area (Å²) in [5.74, 6) is -0.878. The Balaban J connectivity index is 1.55. The fourth-order valence-electron chi connectivity index (χ4n) is 6.73. The van der Waals surface area contributed by atoms with Crippen LogP contribution in [-0.2, 0) is 0 Å². The molecule has 0 bridgehead atoms. The van der Waals surface area contributed by atoms with Gasteiger partial charge in [-0.1, -0.05) is 91.0 Å². The van der Waals surface area contributed by atoms with E-state index in [9.17, 15) is 14.4 Å². The Hall–Kier alpha value is -4.84. The SMILES string of the molecule is COc1ccc([C@@H]2[C@@H](C(=O)c3ccccc3)N3N=Cc4ccccc4[C@@H]3C23C(=O)c2ccccc2C3=O)cc1. The van der Waals surface area contributed by atoms with E-state index >= 15 is 0 Å². The number of benzene rings is 4. The van der Waals surface area contributed by atoms with Crippen molar-refractivity contribution in [2.45, 2.75) is 18.0 Å². The number of carbonyl (C=O) groups excluding carboxylic acids is 3. The molecule has 0 radical (unpaired) electrons. The molecule has 1 spiro atoms. The lowest BCUT2D eigenvalue weighted by molar-refractivity contribution is 0.0586. The zero-order valence-electron chi connectivity index (χ0n) is 21.2. The summed E-state index contributed by atoms with van der Waals surface area (Å²) in [5.41, 5.74) is 2.05. The van der Waals surface area contributed by atoms with Crippen LogP contribution >= 0.6 is 0 Å². The summed E-state index contributed by atoms with van der Waals surface area (Å²) in [6.07, 6.45) is 1.72. The number of nitrogens with zero attached hydrogens (tertiary/aromatic N) is 2. The van der Waals surface area contributed by atoms with Gasteiger partial charge in [0.05, 0.1) is 19.4 Å². The van der Waals surface area contributed by atoms with Gasteiger partial charge in [0.15, 0.2) is 17.3 Å². The molecule has 1 fully saturated rings. The molecule has 6 nitrogen and oxygen atoms in total. The average molecular weight is 513 g/mol. The van der Waals surface area contributed by atoms with Crippen molar-refractivity contribution >= 4 is 23.6 Å². The van der Waals surface area contributed by atoms with Crippen molar-refractivity contribution in [3.63, 3.8) is 0 Å². The molecule has 0 saturated carbocycles. The van der Waals surface area contributed by atoms with Gasteiger partial charge in [-0.15, -0.1) is 0 Å². The largest absolute Gasteiger partial charge is 0.497 e. The highest BCUT2D eigenvalue weighted by Crippen LogP contribution is 2.64. The van der Waals surface area contributed by atoms with Crippen LogP contribution in [0.25, 0.3) is 0 Å². The van der Waals surface area contributed by atoms with E-state index < -0.39 is 23.4 Å². The predicted molar refractivity (Wildman–Crippen MR) is 146 cm³/mol. The molecule has 6 heteroatoms. The van der Waals surface area contributed by atoms with Gasteiger partial charge in [0, 0.05) is 22.6 Å². The molecule has 4 aromatic carbocycles. The molecular weight excluding hydrogens is 488 g/mol. The Morgan fingerprint density at radius 1 is 0.795 bits per heavy atom. The molecule has 0 N–H and O–H groups in total. The Kier molecular flexibility index (Phi) is 5.13. The molecule has 0 unspecified atom stereocenters. The third kappa shape index (κ3) is 3.08. The highest BCUT2D eigenvalue weighted by molar-refractivity contribution is 6.31. The van der Waals surface area contributed by atoms with Crippen molar-refractivity contribution in [2.24, 2.45) is 10.5 Å². The van der Waals surface area contributed by atoms with E-state index in [2.05, 4.69) is 0 Å². The summed E-state index contributed by atoms with van der Waals surface area (Å²) < 4.78 is 5.39. The molecule has 1 aliphatic carbocycles. The summed E-state index contributed by atoms with van der Waals surface area (Å²) in [5, 5.41) is 6.50. The van der Waals surface area contributed by atoms with Crippen LogP contribution in [0.5, 0.6) is 5.75 Å². The van der Waals surface area contributed by atoms with E-state index in [1.807, 2.05) is 54.6 Å². The first-order valence-electron chi connectivity index (χ1n) is 12.9. The molecule has 2 aliphatic heterocycles. The summed E-state index contributed by atoms with van der Waals surface area (Å²) in [6, 6.07) is 29.3. The Bertz CT molecular complexity index is 1640. The standard InChI is InChI=1S/C33H24N2O4/c1-39-23-17-15-20(16-18-23)27-28(29(36)21-9-3-2-4-10-21)35-30(24-12-6-5-11-22(24)19-34-35)33(27)31(37)25-13-7-8-14-26(25)32(33)38/h2-19,27-28,30H,1H3/t27-,28+,30-/m1/s1. The number of rotatable bonds is 4. The smallest absolute Gasteiger partial charge is 0.187 e. The van der Waals surface area contributed by atoms with Gasteiger partial charge in [-0.05, 0) is 28.8 Å². The summed E-state index contributed by atoms with van der Waals surface area (Å²) in [7, 11) is 1.58. The third-order valence-corrected chi connectivity index (χ3v) is 8.38. The van der Waals surface area contributed by atoms with Crippen LogP contribution in [0.15, 0.2) is 108 Å². The van der Waals surface area contributed by atoms with Gasteiger partial charge in [-0.3, -0.25) is 19.4 Å². The number of hydrogen-bond acceptors (Lipinski definition) is 6. The molecule has 7 rings (SSSR count). The molecular formula is C33H24N2O4. The number of Topliss-reactive ketones (excluding diaryl/α,β-unsaturated/α-hetero) is 3. The minimum absolute atomic E-state index is 0.189. The number of ether oxygens (including phenoxy) is 1. The predicted octanol–water partition coefficient (Wildman–Crippen LogP) is 5.50. The minimum Gasteiger partial charge on any atom is -0.497 e. The first kappa shape index (κ1) is 23.3. The summed E-state index contributed by atoms with van der Waals surface area (Å²) >= 11 is 0. The lowest BCUT2D eigenvalue weighted by atomic mass is 9.63. The Morgan fingerprint density at radius 3 is 2.08 bits per heavy atom. The average Bonchev–Trinajstić information content (AvgIpc) is 3.43. The molecule has 190 valence electrons. The maximum absolute atomic E-state index is 14.7. The van der Waals surface area contributed by atoms with Gasteiger partial charge >= 0.3 is 0 Å². The van der Waals surface area contributed by atoms with Crippen LogP contribution in [0, 0.1) is 5.41 Å². The fourth-order valence-corrected chi connectivity index (χ4v) is 6.73. The monoisotopic (exact) mass is 512 g/mol. The molecule has 0 aromatic heterocycles. The zero-order chi connectivity index (χ0) is 26.7. The van der Waals surface area contributed by atoms with Crippen molar-refractivity contribution in [3.8, 4) is 5.75 Å². The van der Waals surface area contributed by atoms with Gasteiger partial charge in [0.2, 0.25) is 0 Å². The van der Waals surface area contributed by atoms with Gasteiger partial charge in [0.25, 0.3) is 0 Å². The number of carbonyl (C=O) groups is 3. The van der Waals surface area contributed by atoms with E-state index in [1.54, 1.807) is 66.9 Å². The van der Waals surface area contributed by atoms with Crippen molar-refractivity contribution in [1.82, 2.24) is 5.01 Å². The van der Waals surface area contributed by atoms with E-state index in [0.29, 0.717) is 28.0 Å². The van der Waals surface area contributed by atoms with Crippen LogP contribution in [-0.4, -0.2) is 41.7 Å². The van der Waals surface area contributed by atoms with Crippen LogP contribution in [0.4, 0.5) is 0 Å². The van der Waals surface area contributed by atoms with Crippen molar-refractivity contribution in [2.75, 3.05) is 7.11 Å². The first-order chi connectivity index (χ1) is 19.1. The van der Waals surface area contributed by atoms with Crippen molar-refractivity contribution in [1.29, 1.82) is 0 Å². The second-order valence-corrected chi connectivity index (χ2v) is 10.2. The second-order valence-electron chi connectivity index (χ2n) is 10.2. The normalized spacial score (nSPS) is 22.0. The van der Waals surface area contributed by atoms with Crippen molar-refractivity contribution < 1.29 is 19.1 Å². The van der Waals surface area contributed by atoms with Gasteiger partial charge in [-0.25, -0.2) is 0 Å². The van der Waals surface area contributed by atoms with Crippen LogP contribution in [0.2, 0.25) is 0 Å². The lowest BCUT2D eigenvalue weighted by Gasteiger charge is -2.36. The topological polar surface area (TPSA) is 76.0 Å². The Labute approximate surface area is 225 Å². The van der Waals surface area contributed by atoms with Crippen LogP contribution in [0.1, 0.15) is 59.7 Å². The maximum atomic E-state index is 14.7. The number of hydrazone groups is 1. The lowest BCUT2D eigenvalue weighted by Crippen LogP contribution is -2.43. The molecule has 39 heavy (non-hydrogen) atoms. The van der Waals surface area contributed by atoms with E-state index in [4.69, 9.17) is 9.84 Å². The summed E-state index contributed by atoms with van der Waals surface area (Å²) in [4.78, 5) is 43.7. The number of methoxy groups -OCH3 is 1. The maximum Gasteiger partial charge on any atom is 0.187 e. The highest BCUT2D eigenvalue weighted by Gasteiger charge is 2.72. The third-order valence-electron chi connectivity index (χ3n) is 8.38. The first-order valence-corrected chi connectivity index (χ1v) is 12.9. The Morgan fingerprint density at radius 2 is 1.41 bits per heavy atom. The van der Waals surface area contributed by atoms with Crippen molar-refractivity contribution in [3.05, 3.63) is 137 Å². The van der Waals surface area contributed by atoms with E-state index in [0.717, 1.165) is 11.1 Å². The fraction of sp³-hybridized carbons (Fsp3) is 0.152. The number of ketones is 3. The zero-order valence-corrected chi connectivity index (χ0v) is 21.2. The number of hydrogen-bond donors (Lipinski definition) is 0. The molecule has 3 aliphatic rings. The van der Waals surface area contributed by atoms with E-state index in [1.165, 1.54) is 0 Å². The molecule has 4 aromatic rings. The molecule has 1 saturated heterocycles. The molecule has 0 amide bonds. The van der Waals surface area contributed by atoms with Gasteiger partial charge in [0.1, 0.15) is 17.2 Å². The quantitative estimate of drug-likeness (QED) is 0.267. The van der Waals surface area contributed by atoms with Crippen LogP contribution < -0.4 is 4.74 Å². The highest BCUT2D eigenvalue weighted by atomic mass is 16.5. The van der Waals surface area contributed by atoms with Gasteiger partial charge in [-0.2, -0.15) is 5.10 Å². The molecule has 2 heterocycles. The summed E-state index contributed by atoms with van der Waals surface area (Å²) in [6.45, 7) is 0.